The van der Waals surface area contributed by atoms with Crippen molar-refractivity contribution in [1.29, 1.82) is 0 Å². The van der Waals surface area contributed by atoms with Crippen LogP contribution in [0.3, 0.4) is 0 Å². The van der Waals surface area contributed by atoms with Crippen molar-refractivity contribution in [1.82, 2.24) is 0 Å². The van der Waals surface area contributed by atoms with Gasteiger partial charge in [0.2, 0.25) is 34.8 Å². The molecule has 14 heteroatoms. The van der Waals surface area contributed by atoms with Gasteiger partial charge in [-0.2, -0.15) is 17.6 Å². The first-order valence-corrected chi connectivity index (χ1v) is 15.8. The molecule has 2 heterocycles. The summed E-state index contributed by atoms with van der Waals surface area (Å²) in [5.41, 5.74) is 0.120. The van der Waals surface area contributed by atoms with Crippen molar-refractivity contribution >= 4 is 11.9 Å². The minimum absolute atomic E-state index is 0.0600. The number of rotatable bonds is 10. The molecule has 2 aliphatic heterocycles. The molecule has 52 heavy (non-hydrogen) atoms. The molecule has 0 fully saturated rings. The monoisotopic (exact) mass is 718 g/mol. The van der Waals surface area contributed by atoms with Crippen LogP contribution in [0.15, 0.2) is 97.1 Å². The van der Waals surface area contributed by atoms with Crippen molar-refractivity contribution in [3.05, 3.63) is 131 Å². The van der Waals surface area contributed by atoms with E-state index in [1.165, 1.54) is 24.3 Å². The molecule has 2 aliphatic rings. The number of carbonyl (C=O) groups excluding carboxylic acids is 2. The van der Waals surface area contributed by atoms with Crippen molar-refractivity contribution in [3.63, 3.8) is 0 Å². The maximum atomic E-state index is 15.0. The smallest absolute Gasteiger partial charge is 0.338 e. The fraction of sp³-hybridized carbons (Fsp3) is 0.158. The molecule has 0 bridgehead atoms. The molecule has 2 atom stereocenters. The molecule has 0 aliphatic carbocycles. The molecule has 5 aromatic rings. The van der Waals surface area contributed by atoms with E-state index in [9.17, 15) is 27.2 Å². The lowest BCUT2D eigenvalue weighted by Gasteiger charge is -2.26. The lowest BCUT2D eigenvalue weighted by Crippen LogP contribution is -2.34. The Morgan fingerprint density at radius 3 is 1.23 bits per heavy atom. The zero-order valence-electron chi connectivity index (χ0n) is 26.8. The lowest BCUT2D eigenvalue weighted by atomic mass is 10.2. The number of carbonyl (C=O) groups is 2. The molecular formula is C38H26F4O10. The summed E-state index contributed by atoms with van der Waals surface area (Å²) in [6.07, 6.45) is -1.09. The zero-order chi connectivity index (χ0) is 36.2. The number of para-hydroxylation sites is 4. The number of fused-ring (bicyclic) bond motifs is 2. The summed E-state index contributed by atoms with van der Waals surface area (Å²) in [7, 11) is 0. The maximum absolute atomic E-state index is 15.0. The van der Waals surface area contributed by atoms with Gasteiger partial charge in [0.1, 0.15) is 37.9 Å². The molecule has 5 aromatic carbocycles. The average Bonchev–Trinajstić information content (AvgIpc) is 3.18. The predicted octanol–water partition coefficient (Wildman–Crippen LogP) is 7.82. The second kappa shape index (κ2) is 14.8. The van der Waals surface area contributed by atoms with E-state index in [1.54, 1.807) is 48.5 Å². The van der Waals surface area contributed by atoms with Gasteiger partial charge in [-0.3, -0.25) is 0 Å². The predicted molar refractivity (Wildman–Crippen MR) is 173 cm³/mol. The van der Waals surface area contributed by atoms with E-state index >= 15 is 0 Å². The van der Waals surface area contributed by atoms with Crippen molar-refractivity contribution in [2.45, 2.75) is 12.2 Å². The fourth-order valence-corrected chi connectivity index (χ4v) is 5.12. The van der Waals surface area contributed by atoms with Gasteiger partial charge in [0.15, 0.2) is 35.2 Å². The summed E-state index contributed by atoms with van der Waals surface area (Å²) in [4.78, 5) is 25.1. The average molecular weight is 719 g/mol. The van der Waals surface area contributed by atoms with E-state index in [0.717, 1.165) is 24.3 Å². The molecule has 7 rings (SSSR count). The Morgan fingerprint density at radius 2 is 0.865 bits per heavy atom. The van der Waals surface area contributed by atoms with Crippen LogP contribution in [0.2, 0.25) is 0 Å². The summed E-state index contributed by atoms with van der Waals surface area (Å²) in [5, 5.41) is 0. The molecule has 0 radical (unpaired) electrons. The van der Waals surface area contributed by atoms with Crippen LogP contribution in [-0.2, 0) is 9.47 Å². The van der Waals surface area contributed by atoms with Crippen LogP contribution in [0.1, 0.15) is 20.7 Å². The third kappa shape index (κ3) is 7.36. The number of hydrogen-bond acceptors (Lipinski definition) is 10. The van der Waals surface area contributed by atoms with E-state index in [1.807, 2.05) is 0 Å². The first-order valence-electron chi connectivity index (χ1n) is 15.8. The van der Waals surface area contributed by atoms with E-state index < -0.39 is 58.9 Å². The van der Waals surface area contributed by atoms with Crippen molar-refractivity contribution in [2.75, 3.05) is 26.4 Å². The molecule has 0 N–H and O–H groups in total. The van der Waals surface area contributed by atoms with E-state index in [4.69, 9.17) is 37.9 Å². The minimum atomic E-state index is -1.87. The Bertz CT molecular complexity index is 1930. The molecule has 0 aromatic heterocycles. The second-order valence-corrected chi connectivity index (χ2v) is 11.4. The number of ether oxygens (including phenoxy) is 8. The van der Waals surface area contributed by atoms with Crippen molar-refractivity contribution in [3.8, 4) is 46.0 Å². The van der Waals surface area contributed by atoms with Crippen LogP contribution < -0.4 is 28.4 Å². The molecule has 0 amide bonds. The molecular weight excluding hydrogens is 692 g/mol. The summed E-state index contributed by atoms with van der Waals surface area (Å²) < 4.78 is 103. The number of benzene rings is 5. The van der Waals surface area contributed by atoms with Crippen LogP contribution >= 0.6 is 0 Å². The van der Waals surface area contributed by atoms with Crippen LogP contribution in [0.25, 0.3) is 0 Å². The topological polar surface area (TPSA) is 108 Å². The van der Waals surface area contributed by atoms with Crippen LogP contribution in [0, 0.1) is 23.3 Å². The summed E-state index contributed by atoms with van der Waals surface area (Å²) in [6.45, 7) is 0.0957. The number of halogens is 4. The standard InChI is InChI=1S/C38H26F4O10/c39-31-33(41)36(52-24-15-11-22(12-16-24)38(44)48-20-26-18-46-28-6-2-4-8-30(28)50-26)34(42)32(40)35(31)51-23-13-9-21(10-14-23)37(43)47-19-25-17-45-27-5-1-3-7-29(27)49-25/h1-16,25-26H,17-20H2. The van der Waals surface area contributed by atoms with Gasteiger partial charge in [0, 0.05) is 0 Å². The van der Waals surface area contributed by atoms with E-state index in [-0.39, 0.29) is 49.1 Å². The Kier molecular flexibility index (Phi) is 9.69. The summed E-state index contributed by atoms with van der Waals surface area (Å²) in [5.74, 6) is -9.98. The SMILES string of the molecule is O=C(OCC1COc2ccccc2O1)c1ccc(Oc2c(F)c(F)c(Oc3ccc(C(=O)OCC4COc5ccccc5O4)cc3)c(F)c2F)cc1. The molecule has 0 saturated heterocycles. The van der Waals surface area contributed by atoms with Crippen molar-refractivity contribution in [2.24, 2.45) is 0 Å². The van der Waals surface area contributed by atoms with Gasteiger partial charge in [0.05, 0.1) is 11.1 Å². The third-order valence-corrected chi connectivity index (χ3v) is 7.74. The van der Waals surface area contributed by atoms with Crippen LogP contribution in [-0.4, -0.2) is 50.6 Å². The highest BCUT2D eigenvalue weighted by atomic mass is 19.2. The third-order valence-electron chi connectivity index (χ3n) is 7.74. The maximum Gasteiger partial charge on any atom is 0.338 e. The van der Waals surface area contributed by atoms with Gasteiger partial charge in [-0.05, 0) is 72.8 Å². The lowest BCUT2D eigenvalue weighted by molar-refractivity contribution is 0.0106. The molecule has 0 spiro atoms. The molecule has 0 saturated carbocycles. The van der Waals surface area contributed by atoms with Gasteiger partial charge < -0.3 is 37.9 Å². The molecule has 10 nitrogen and oxygen atoms in total. The van der Waals surface area contributed by atoms with E-state index in [0.29, 0.717) is 23.0 Å². The van der Waals surface area contributed by atoms with Crippen LogP contribution in [0.4, 0.5) is 17.6 Å². The van der Waals surface area contributed by atoms with Gasteiger partial charge in [-0.25, -0.2) is 9.59 Å². The summed E-state index contributed by atoms with van der Waals surface area (Å²) >= 11 is 0. The zero-order valence-corrected chi connectivity index (χ0v) is 26.8. The highest BCUT2D eigenvalue weighted by Gasteiger charge is 2.30. The number of esters is 2. The Balaban J connectivity index is 0.938. The minimum Gasteiger partial charge on any atom is -0.486 e. The molecule has 266 valence electrons. The van der Waals surface area contributed by atoms with Gasteiger partial charge >= 0.3 is 11.9 Å². The normalized spacial score (nSPS) is 15.7. The summed E-state index contributed by atoms with van der Waals surface area (Å²) in [6, 6.07) is 23.7. The Morgan fingerprint density at radius 1 is 0.519 bits per heavy atom. The largest absolute Gasteiger partial charge is 0.486 e. The second-order valence-electron chi connectivity index (χ2n) is 11.4. The van der Waals surface area contributed by atoms with Gasteiger partial charge in [-0.15, -0.1) is 0 Å². The highest BCUT2D eigenvalue weighted by molar-refractivity contribution is 5.90. The number of hydrogen-bond donors (Lipinski definition) is 0. The first-order chi connectivity index (χ1) is 25.2. The van der Waals surface area contributed by atoms with Crippen molar-refractivity contribution < 1.29 is 65.0 Å². The fourth-order valence-electron chi connectivity index (χ4n) is 5.12. The van der Waals surface area contributed by atoms with Gasteiger partial charge in [-0.1, -0.05) is 24.3 Å². The Labute approximate surface area is 292 Å². The highest BCUT2D eigenvalue weighted by Crippen LogP contribution is 2.39. The molecule has 2 unspecified atom stereocenters. The quantitative estimate of drug-likeness (QED) is 0.0806. The Hall–Kier alpha value is -6.44. The van der Waals surface area contributed by atoms with E-state index in [2.05, 4.69) is 0 Å². The van der Waals surface area contributed by atoms with Crippen LogP contribution in [0.5, 0.6) is 46.0 Å². The van der Waals surface area contributed by atoms with Gasteiger partial charge in [0.25, 0.3) is 0 Å². The first kappa shape index (κ1) is 34.0.